The third-order valence-corrected chi connectivity index (χ3v) is 2.93. The van der Waals surface area contributed by atoms with Crippen LogP contribution in [0, 0.1) is 6.92 Å². The van der Waals surface area contributed by atoms with Crippen molar-refractivity contribution in [1.82, 2.24) is 4.98 Å². The Kier molecular flexibility index (Phi) is 3.29. The van der Waals surface area contributed by atoms with Gasteiger partial charge in [0, 0.05) is 19.7 Å². The fourth-order valence-corrected chi connectivity index (χ4v) is 1.78. The van der Waals surface area contributed by atoms with Gasteiger partial charge in [-0.2, -0.15) is 0 Å². The van der Waals surface area contributed by atoms with Gasteiger partial charge < -0.3 is 15.4 Å². The molecule has 0 amide bonds. The normalized spacial score (nSPS) is 15.1. The summed E-state index contributed by atoms with van der Waals surface area (Å²) in [7, 11) is 1.73. The third kappa shape index (κ3) is 2.44. The highest BCUT2D eigenvalue weighted by Gasteiger charge is 2.29. The smallest absolute Gasteiger partial charge is 0.129 e. The number of pyridine rings is 1. The van der Waals surface area contributed by atoms with Gasteiger partial charge in [0.05, 0.1) is 18.0 Å². The summed E-state index contributed by atoms with van der Waals surface area (Å²) in [6, 6.07) is 4.57. The lowest BCUT2D eigenvalue weighted by molar-refractivity contribution is 0.204. The lowest BCUT2D eigenvalue weighted by Gasteiger charge is -2.23. The van der Waals surface area contributed by atoms with E-state index < -0.39 is 0 Å². The molecule has 1 aromatic rings. The summed E-state index contributed by atoms with van der Waals surface area (Å²) in [6.07, 6.45) is 2.52. The molecule has 88 valence electrons. The van der Waals surface area contributed by atoms with Gasteiger partial charge in [-0.05, 0) is 31.9 Å². The van der Waals surface area contributed by atoms with Gasteiger partial charge in [0.15, 0.2) is 0 Å². The SMILES string of the molecule is COCCN(c1ccc(N)c(C)n1)C1CC1. The van der Waals surface area contributed by atoms with Crippen LogP contribution >= 0.6 is 0 Å². The zero-order valence-electron chi connectivity index (χ0n) is 9.94. The van der Waals surface area contributed by atoms with E-state index in [1.54, 1.807) is 7.11 Å². The van der Waals surface area contributed by atoms with E-state index in [1.165, 1.54) is 12.8 Å². The van der Waals surface area contributed by atoms with Crippen LogP contribution in [0.2, 0.25) is 0 Å². The quantitative estimate of drug-likeness (QED) is 0.820. The highest BCUT2D eigenvalue weighted by Crippen LogP contribution is 2.30. The highest BCUT2D eigenvalue weighted by atomic mass is 16.5. The van der Waals surface area contributed by atoms with E-state index in [4.69, 9.17) is 10.5 Å². The molecular formula is C12H19N3O. The maximum Gasteiger partial charge on any atom is 0.129 e. The second-order valence-corrected chi connectivity index (χ2v) is 4.26. The molecule has 0 radical (unpaired) electrons. The monoisotopic (exact) mass is 221 g/mol. The van der Waals surface area contributed by atoms with Crippen molar-refractivity contribution in [2.24, 2.45) is 0 Å². The first-order valence-corrected chi connectivity index (χ1v) is 5.71. The molecule has 0 aliphatic heterocycles. The molecule has 0 saturated heterocycles. The second kappa shape index (κ2) is 4.70. The average Bonchev–Trinajstić information content (AvgIpc) is 3.08. The maximum atomic E-state index is 5.78. The van der Waals surface area contributed by atoms with E-state index in [1.807, 2.05) is 19.1 Å². The summed E-state index contributed by atoms with van der Waals surface area (Å²) in [5.74, 6) is 1.02. The van der Waals surface area contributed by atoms with Gasteiger partial charge >= 0.3 is 0 Å². The van der Waals surface area contributed by atoms with Gasteiger partial charge in [0.25, 0.3) is 0 Å². The molecule has 2 rings (SSSR count). The van der Waals surface area contributed by atoms with E-state index in [2.05, 4.69) is 9.88 Å². The van der Waals surface area contributed by atoms with E-state index in [9.17, 15) is 0 Å². The summed E-state index contributed by atoms with van der Waals surface area (Å²) in [4.78, 5) is 6.85. The summed E-state index contributed by atoms with van der Waals surface area (Å²) < 4.78 is 5.13. The minimum absolute atomic E-state index is 0.644. The molecule has 0 spiro atoms. The van der Waals surface area contributed by atoms with Crippen LogP contribution in [0.15, 0.2) is 12.1 Å². The number of nitrogens with two attached hydrogens (primary N) is 1. The van der Waals surface area contributed by atoms with Crippen molar-refractivity contribution in [2.75, 3.05) is 30.9 Å². The Labute approximate surface area is 96.4 Å². The number of hydrogen-bond donors (Lipinski definition) is 1. The number of aryl methyl sites for hydroxylation is 1. The van der Waals surface area contributed by atoms with Crippen molar-refractivity contribution in [1.29, 1.82) is 0 Å². The summed E-state index contributed by atoms with van der Waals surface area (Å²) >= 11 is 0. The maximum absolute atomic E-state index is 5.78. The Bertz CT molecular complexity index is 363. The van der Waals surface area contributed by atoms with Gasteiger partial charge in [-0.15, -0.1) is 0 Å². The van der Waals surface area contributed by atoms with E-state index in [0.29, 0.717) is 6.04 Å². The number of rotatable bonds is 5. The van der Waals surface area contributed by atoms with Crippen LogP contribution in [-0.4, -0.2) is 31.3 Å². The van der Waals surface area contributed by atoms with Crippen molar-refractivity contribution < 1.29 is 4.74 Å². The topological polar surface area (TPSA) is 51.4 Å². The summed E-state index contributed by atoms with van der Waals surface area (Å²) in [6.45, 7) is 3.58. The van der Waals surface area contributed by atoms with Crippen LogP contribution in [0.3, 0.4) is 0 Å². The lowest BCUT2D eigenvalue weighted by Crippen LogP contribution is -2.30. The molecule has 1 aromatic heterocycles. The molecule has 4 heteroatoms. The van der Waals surface area contributed by atoms with Crippen LogP contribution in [0.1, 0.15) is 18.5 Å². The molecule has 4 nitrogen and oxygen atoms in total. The molecule has 0 atom stereocenters. The second-order valence-electron chi connectivity index (χ2n) is 4.26. The largest absolute Gasteiger partial charge is 0.397 e. The lowest BCUT2D eigenvalue weighted by atomic mass is 10.3. The van der Waals surface area contributed by atoms with E-state index >= 15 is 0 Å². The van der Waals surface area contributed by atoms with Crippen molar-refractivity contribution in [3.05, 3.63) is 17.8 Å². The number of nitrogen functional groups attached to an aromatic ring is 1. The molecular weight excluding hydrogens is 202 g/mol. The van der Waals surface area contributed by atoms with Crippen molar-refractivity contribution in [2.45, 2.75) is 25.8 Å². The first-order chi connectivity index (χ1) is 7.72. The minimum Gasteiger partial charge on any atom is -0.397 e. The molecule has 0 unspecified atom stereocenters. The first-order valence-electron chi connectivity index (χ1n) is 5.71. The molecule has 0 bridgehead atoms. The van der Waals surface area contributed by atoms with Gasteiger partial charge in [-0.25, -0.2) is 4.98 Å². The fourth-order valence-electron chi connectivity index (χ4n) is 1.78. The molecule has 1 fully saturated rings. The molecule has 2 N–H and O–H groups in total. The Morgan fingerprint density at radius 2 is 2.25 bits per heavy atom. The molecule has 0 aromatic carbocycles. The van der Waals surface area contributed by atoms with Crippen molar-refractivity contribution in [3.8, 4) is 0 Å². The molecule has 1 saturated carbocycles. The van der Waals surface area contributed by atoms with Gasteiger partial charge in [0.1, 0.15) is 5.82 Å². The van der Waals surface area contributed by atoms with Crippen LogP contribution in [0.25, 0.3) is 0 Å². The average molecular weight is 221 g/mol. The van der Waals surface area contributed by atoms with E-state index in [0.717, 1.165) is 30.4 Å². The van der Waals surface area contributed by atoms with Gasteiger partial charge in [0.2, 0.25) is 0 Å². The number of anilines is 2. The molecule has 1 heterocycles. The zero-order chi connectivity index (χ0) is 11.5. The first kappa shape index (κ1) is 11.2. The summed E-state index contributed by atoms with van der Waals surface area (Å²) in [5, 5.41) is 0. The van der Waals surface area contributed by atoms with Gasteiger partial charge in [-0.1, -0.05) is 0 Å². The zero-order valence-corrected chi connectivity index (χ0v) is 9.94. The standard InChI is InChI=1S/C12H19N3O/c1-9-11(13)5-6-12(14-9)15(7-8-16-2)10-3-4-10/h5-6,10H,3-4,7-8,13H2,1-2H3. The van der Waals surface area contributed by atoms with Crippen LogP contribution in [-0.2, 0) is 4.74 Å². The van der Waals surface area contributed by atoms with Crippen LogP contribution in [0.5, 0.6) is 0 Å². The fraction of sp³-hybridized carbons (Fsp3) is 0.583. The Balaban J connectivity index is 2.14. The predicted octanol–water partition coefficient (Wildman–Crippen LogP) is 1.59. The Hall–Kier alpha value is -1.29. The van der Waals surface area contributed by atoms with Crippen LogP contribution < -0.4 is 10.6 Å². The molecule has 16 heavy (non-hydrogen) atoms. The predicted molar refractivity (Wildman–Crippen MR) is 65.6 cm³/mol. The number of hydrogen-bond acceptors (Lipinski definition) is 4. The number of nitrogens with zero attached hydrogens (tertiary/aromatic N) is 2. The minimum atomic E-state index is 0.644. The third-order valence-electron chi connectivity index (χ3n) is 2.93. The summed E-state index contributed by atoms with van der Waals surface area (Å²) in [5.41, 5.74) is 7.43. The number of methoxy groups -OCH3 is 1. The van der Waals surface area contributed by atoms with Crippen molar-refractivity contribution in [3.63, 3.8) is 0 Å². The molecule has 1 aliphatic carbocycles. The van der Waals surface area contributed by atoms with Crippen molar-refractivity contribution >= 4 is 11.5 Å². The Morgan fingerprint density at radius 1 is 1.50 bits per heavy atom. The number of ether oxygens (including phenoxy) is 1. The van der Waals surface area contributed by atoms with E-state index in [-0.39, 0.29) is 0 Å². The Morgan fingerprint density at radius 3 is 2.81 bits per heavy atom. The highest BCUT2D eigenvalue weighted by molar-refractivity contribution is 5.51. The number of aromatic nitrogens is 1. The van der Waals surface area contributed by atoms with Crippen LogP contribution in [0.4, 0.5) is 11.5 Å². The molecule has 1 aliphatic rings. The van der Waals surface area contributed by atoms with Gasteiger partial charge in [-0.3, -0.25) is 0 Å².